The maximum absolute atomic E-state index is 13.8. The van der Waals surface area contributed by atoms with Crippen molar-refractivity contribution in [1.29, 1.82) is 0 Å². The number of halogens is 8. The van der Waals surface area contributed by atoms with Crippen molar-refractivity contribution in [2.75, 3.05) is 5.32 Å². The zero-order valence-corrected chi connectivity index (χ0v) is 15.2. The van der Waals surface area contributed by atoms with Crippen LogP contribution in [0, 0.1) is 11.6 Å². The molecule has 0 heterocycles. The molecular weight excluding hydrogens is 434 g/mol. The van der Waals surface area contributed by atoms with E-state index in [0.717, 1.165) is 18.2 Å². The summed E-state index contributed by atoms with van der Waals surface area (Å²) in [6.07, 6.45) is -9.91. The van der Waals surface area contributed by atoms with Crippen molar-refractivity contribution in [3.05, 3.63) is 89.0 Å². The largest absolute Gasteiger partial charge is 0.417 e. The van der Waals surface area contributed by atoms with E-state index in [1.54, 1.807) is 0 Å². The fraction of sp³-hybridized carbons (Fsp3) is 0.0952. The molecule has 10 heteroatoms. The lowest BCUT2D eigenvalue weighted by Gasteiger charge is -2.18. The number of rotatable bonds is 3. The summed E-state index contributed by atoms with van der Waals surface area (Å²) in [5.74, 6) is -3.21. The van der Waals surface area contributed by atoms with Gasteiger partial charge in [0.1, 0.15) is 11.6 Å². The van der Waals surface area contributed by atoms with Crippen molar-refractivity contribution in [2.24, 2.45) is 0 Å². The Morgan fingerprint density at radius 2 is 1.42 bits per heavy atom. The quantitative estimate of drug-likeness (QED) is 0.436. The van der Waals surface area contributed by atoms with Gasteiger partial charge in [0.15, 0.2) is 0 Å². The number of para-hydroxylation sites is 1. The molecule has 0 bridgehead atoms. The van der Waals surface area contributed by atoms with E-state index in [0.29, 0.717) is 30.3 Å². The number of carbonyl (C=O) groups is 1. The molecule has 3 rings (SSSR count). The highest BCUT2D eigenvalue weighted by atomic mass is 19.4. The SMILES string of the molecule is O=C(Nc1ccccc1-c1cc(C(F)(F)F)ccc1C(F)(F)F)c1cc(F)ccc1F. The summed E-state index contributed by atoms with van der Waals surface area (Å²) in [4.78, 5) is 12.4. The maximum atomic E-state index is 13.8. The molecule has 2 nitrogen and oxygen atoms in total. The van der Waals surface area contributed by atoms with Crippen molar-refractivity contribution in [1.82, 2.24) is 0 Å². The van der Waals surface area contributed by atoms with Crippen molar-refractivity contribution in [2.45, 2.75) is 12.4 Å². The monoisotopic (exact) mass is 445 g/mol. The van der Waals surface area contributed by atoms with Crippen molar-refractivity contribution >= 4 is 11.6 Å². The van der Waals surface area contributed by atoms with Crippen LogP contribution >= 0.6 is 0 Å². The Bertz CT molecular complexity index is 1130. The van der Waals surface area contributed by atoms with Gasteiger partial charge in [-0.25, -0.2) is 8.78 Å². The molecule has 0 fully saturated rings. The molecule has 1 N–H and O–H groups in total. The van der Waals surface area contributed by atoms with Crippen molar-refractivity contribution in [3.63, 3.8) is 0 Å². The summed E-state index contributed by atoms with van der Waals surface area (Å²) in [7, 11) is 0. The second-order valence-corrected chi connectivity index (χ2v) is 6.38. The van der Waals surface area contributed by atoms with Gasteiger partial charge in [-0.15, -0.1) is 0 Å². The van der Waals surface area contributed by atoms with Crippen LogP contribution < -0.4 is 5.32 Å². The first-order chi connectivity index (χ1) is 14.4. The first kappa shape index (κ1) is 22.3. The van der Waals surface area contributed by atoms with Crippen LogP contribution in [0.5, 0.6) is 0 Å². The molecular formula is C21H11F8NO. The highest BCUT2D eigenvalue weighted by Gasteiger charge is 2.37. The van der Waals surface area contributed by atoms with Gasteiger partial charge < -0.3 is 5.32 Å². The van der Waals surface area contributed by atoms with Gasteiger partial charge in [0.05, 0.1) is 16.7 Å². The van der Waals surface area contributed by atoms with E-state index in [1.807, 2.05) is 0 Å². The third kappa shape index (κ3) is 4.84. The first-order valence-corrected chi connectivity index (χ1v) is 8.52. The predicted octanol–water partition coefficient (Wildman–Crippen LogP) is 6.92. The van der Waals surface area contributed by atoms with E-state index in [4.69, 9.17) is 0 Å². The first-order valence-electron chi connectivity index (χ1n) is 8.52. The molecule has 162 valence electrons. The van der Waals surface area contributed by atoms with E-state index >= 15 is 0 Å². The third-order valence-electron chi connectivity index (χ3n) is 4.29. The van der Waals surface area contributed by atoms with E-state index in [9.17, 15) is 39.9 Å². The maximum Gasteiger partial charge on any atom is 0.417 e. The molecule has 1 amide bonds. The summed E-state index contributed by atoms with van der Waals surface area (Å²) >= 11 is 0. The number of hydrogen-bond acceptors (Lipinski definition) is 1. The highest BCUT2D eigenvalue weighted by molar-refractivity contribution is 6.06. The molecule has 0 radical (unpaired) electrons. The van der Waals surface area contributed by atoms with Gasteiger partial charge in [0, 0.05) is 11.3 Å². The lowest BCUT2D eigenvalue weighted by Crippen LogP contribution is -2.16. The Balaban J connectivity index is 2.13. The number of hydrogen-bond donors (Lipinski definition) is 1. The van der Waals surface area contributed by atoms with Gasteiger partial charge in [-0.2, -0.15) is 26.3 Å². The van der Waals surface area contributed by atoms with Crippen molar-refractivity contribution in [3.8, 4) is 11.1 Å². The summed E-state index contributed by atoms with van der Waals surface area (Å²) in [5, 5.41) is 2.14. The fourth-order valence-electron chi connectivity index (χ4n) is 2.88. The average Bonchev–Trinajstić information content (AvgIpc) is 2.68. The van der Waals surface area contributed by atoms with Crippen LogP contribution in [0.25, 0.3) is 11.1 Å². The van der Waals surface area contributed by atoms with E-state index in [2.05, 4.69) is 5.32 Å². The highest BCUT2D eigenvalue weighted by Crippen LogP contribution is 2.42. The Labute approximate surface area is 170 Å². The Hall–Kier alpha value is -3.43. The number of anilines is 1. The number of amides is 1. The van der Waals surface area contributed by atoms with Crippen LogP contribution in [0.1, 0.15) is 21.5 Å². The molecule has 3 aromatic rings. The average molecular weight is 445 g/mol. The number of carbonyl (C=O) groups excluding carboxylic acids is 1. The minimum Gasteiger partial charge on any atom is -0.321 e. The molecule has 0 aliphatic rings. The van der Waals surface area contributed by atoms with E-state index < -0.39 is 52.1 Å². The van der Waals surface area contributed by atoms with Gasteiger partial charge in [-0.1, -0.05) is 18.2 Å². The van der Waals surface area contributed by atoms with Gasteiger partial charge in [0.2, 0.25) is 0 Å². The summed E-state index contributed by atoms with van der Waals surface area (Å²) < 4.78 is 107. The Morgan fingerprint density at radius 3 is 2.06 bits per heavy atom. The molecule has 0 saturated carbocycles. The van der Waals surface area contributed by atoms with Crippen LogP contribution in [0.2, 0.25) is 0 Å². The van der Waals surface area contributed by atoms with Crippen LogP contribution in [0.4, 0.5) is 40.8 Å². The summed E-state index contributed by atoms with van der Waals surface area (Å²) in [5.41, 5.74) is -4.95. The molecule has 0 unspecified atom stereocenters. The normalized spacial score (nSPS) is 12.0. The standard InChI is InChI=1S/C21H11F8NO/c22-12-6-8-17(23)15(10-12)19(31)30-18-4-2-1-3-13(18)14-9-11(20(24,25)26)5-7-16(14)21(27,28)29/h1-10H,(H,30,31). The lowest BCUT2D eigenvalue weighted by atomic mass is 9.95. The zero-order valence-electron chi connectivity index (χ0n) is 15.2. The predicted molar refractivity (Wildman–Crippen MR) is 96.2 cm³/mol. The second-order valence-electron chi connectivity index (χ2n) is 6.38. The minimum atomic E-state index is -4.99. The topological polar surface area (TPSA) is 29.1 Å². The fourth-order valence-corrected chi connectivity index (χ4v) is 2.88. The molecule has 0 aliphatic carbocycles. The van der Waals surface area contributed by atoms with E-state index in [1.165, 1.54) is 12.1 Å². The van der Waals surface area contributed by atoms with Crippen LogP contribution in [0.15, 0.2) is 60.7 Å². The summed E-state index contributed by atoms with van der Waals surface area (Å²) in [6.45, 7) is 0. The van der Waals surface area contributed by atoms with Gasteiger partial charge in [-0.3, -0.25) is 4.79 Å². The van der Waals surface area contributed by atoms with Crippen LogP contribution in [0.3, 0.4) is 0 Å². The van der Waals surface area contributed by atoms with Gasteiger partial charge >= 0.3 is 12.4 Å². The molecule has 0 spiro atoms. The van der Waals surface area contributed by atoms with Crippen LogP contribution in [-0.4, -0.2) is 5.91 Å². The molecule has 0 saturated heterocycles. The van der Waals surface area contributed by atoms with Gasteiger partial charge in [0.25, 0.3) is 5.91 Å². The minimum absolute atomic E-state index is 0.295. The smallest absolute Gasteiger partial charge is 0.321 e. The molecule has 31 heavy (non-hydrogen) atoms. The van der Waals surface area contributed by atoms with Gasteiger partial charge in [-0.05, 0) is 48.0 Å². The summed E-state index contributed by atoms with van der Waals surface area (Å²) in [6, 6.07) is 7.71. The third-order valence-corrected chi connectivity index (χ3v) is 4.29. The van der Waals surface area contributed by atoms with E-state index in [-0.39, 0.29) is 11.3 Å². The number of nitrogens with one attached hydrogen (secondary N) is 1. The Morgan fingerprint density at radius 1 is 0.742 bits per heavy atom. The second kappa shape index (κ2) is 8.01. The number of benzene rings is 3. The molecule has 3 aromatic carbocycles. The van der Waals surface area contributed by atoms with Crippen LogP contribution in [-0.2, 0) is 12.4 Å². The van der Waals surface area contributed by atoms with Crippen molar-refractivity contribution < 1.29 is 39.9 Å². The molecule has 0 aliphatic heterocycles. The molecule has 0 aromatic heterocycles. The lowest BCUT2D eigenvalue weighted by molar-refractivity contribution is -0.141. The number of alkyl halides is 6. The zero-order chi connectivity index (χ0) is 23.0. The molecule has 0 atom stereocenters. The Kier molecular flexibility index (Phi) is 5.75.